The molecule has 3 N–H and O–H groups in total. The van der Waals surface area contributed by atoms with E-state index in [2.05, 4.69) is 5.32 Å². The fraction of sp³-hybridized carbons (Fsp3) is 0.500. The summed E-state index contributed by atoms with van der Waals surface area (Å²) in [4.78, 5) is 11.7. The third-order valence-corrected chi connectivity index (χ3v) is 2.89. The average Bonchev–Trinajstić information content (AvgIpc) is 2.42. The van der Waals surface area contributed by atoms with Crippen LogP contribution < -0.4 is 11.1 Å². The zero-order valence-corrected chi connectivity index (χ0v) is 11.1. The number of aryl methyl sites for hydroxylation is 1. The van der Waals surface area contributed by atoms with Crippen molar-refractivity contribution in [2.24, 2.45) is 5.73 Å². The quantitative estimate of drug-likeness (QED) is 0.761. The standard InChI is InChI=1S/C14H22N2O2/c1-11(18-2)10-16-14(17)13(15)9-8-12-6-4-3-5-7-12/h3-7,11,13H,8-10,15H2,1-2H3,(H,16,17). The zero-order valence-electron chi connectivity index (χ0n) is 11.1. The lowest BCUT2D eigenvalue weighted by Gasteiger charge is -2.14. The van der Waals surface area contributed by atoms with Crippen molar-refractivity contribution in [3.05, 3.63) is 35.9 Å². The first-order valence-corrected chi connectivity index (χ1v) is 6.23. The second kappa shape index (κ2) is 7.84. The molecule has 18 heavy (non-hydrogen) atoms. The van der Waals surface area contributed by atoms with E-state index >= 15 is 0 Å². The summed E-state index contributed by atoms with van der Waals surface area (Å²) in [7, 11) is 1.62. The van der Waals surface area contributed by atoms with E-state index < -0.39 is 6.04 Å². The first-order chi connectivity index (χ1) is 8.63. The van der Waals surface area contributed by atoms with Gasteiger partial charge < -0.3 is 15.8 Å². The fourth-order valence-electron chi connectivity index (χ4n) is 1.56. The Balaban J connectivity index is 2.27. The number of ether oxygens (including phenoxy) is 1. The zero-order chi connectivity index (χ0) is 13.4. The summed E-state index contributed by atoms with van der Waals surface area (Å²) >= 11 is 0. The Kier molecular flexibility index (Phi) is 6.39. The second-order valence-corrected chi connectivity index (χ2v) is 4.42. The van der Waals surface area contributed by atoms with Crippen LogP contribution in [0.3, 0.4) is 0 Å². The van der Waals surface area contributed by atoms with Gasteiger partial charge in [0.1, 0.15) is 0 Å². The first-order valence-electron chi connectivity index (χ1n) is 6.23. The molecule has 0 aliphatic rings. The number of carbonyl (C=O) groups excluding carboxylic acids is 1. The van der Waals surface area contributed by atoms with E-state index in [1.54, 1.807) is 7.11 Å². The maximum atomic E-state index is 11.7. The Morgan fingerprint density at radius 1 is 1.39 bits per heavy atom. The third kappa shape index (κ3) is 5.29. The van der Waals surface area contributed by atoms with Crippen molar-refractivity contribution in [3.8, 4) is 0 Å². The van der Waals surface area contributed by atoms with Crippen LogP contribution in [0.2, 0.25) is 0 Å². The van der Waals surface area contributed by atoms with Gasteiger partial charge in [0.2, 0.25) is 5.91 Å². The van der Waals surface area contributed by atoms with Crippen LogP contribution in [0.25, 0.3) is 0 Å². The SMILES string of the molecule is COC(C)CNC(=O)C(N)CCc1ccccc1. The molecule has 0 radical (unpaired) electrons. The normalized spacial score (nSPS) is 13.9. The molecule has 1 amide bonds. The van der Waals surface area contributed by atoms with E-state index in [0.29, 0.717) is 13.0 Å². The van der Waals surface area contributed by atoms with Crippen molar-refractivity contribution in [2.45, 2.75) is 31.9 Å². The number of nitrogens with two attached hydrogens (primary N) is 1. The largest absolute Gasteiger partial charge is 0.380 e. The monoisotopic (exact) mass is 250 g/mol. The molecule has 0 heterocycles. The number of amides is 1. The van der Waals surface area contributed by atoms with E-state index in [-0.39, 0.29) is 12.0 Å². The Bertz CT molecular complexity index is 354. The van der Waals surface area contributed by atoms with Crippen LogP contribution in [0, 0.1) is 0 Å². The highest BCUT2D eigenvalue weighted by Gasteiger charge is 2.13. The van der Waals surface area contributed by atoms with Gasteiger partial charge in [-0.25, -0.2) is 0 Å². The van der Waals surface area contributed by atoms with Gasteiger partial charge in [-0.3, -0.25) is 4.79 Å². The summed E-state index contributed by atoms with van der Waals surface area (Å²) < 4.78 is 5.05. The van der Waals surface area contributed by atoms with E-state index in [1.165, 1.54) is 5.56 Å². The summed E-state index contributed by atoms with van der Waals surface area (Å²) in [6.07, 6.45) is 1.47. The van der Waals surface area contributed by atoms with Crippen molar-refractivity contribution >= 4 is 5.91 Å². The number of benzene rings is 1. The van der Waals surface area contributed by atoms with Crippen molar-refractivity contribution in [3.63, 3.8) is 0 Å². The topological polar surface area (TPSA) is 64.3 Å². The number of rotatable bonds is 7. The molecule has 0 fully saturated rings. The van der Waals surface area contributed by atoms with Crippen LogP contribution in [-0.4, -0.2) is 31.7 Å². The Labute approximate surface area is 109 Å². The summed E-state index contributed by atoms with van der Waals surface area (Å²) in [5.41, 5.74) is 7.04. The number of nitrogens with one attached hydrogen (secondary N) is 1. The van der Waals surface area contributed by atoms with Gasteiger partial charge in [0, 0.05) is 13.7 Å². The lowest BCUT2D eigenvalue weighted by Crippen LogP contribution is -2.43. The predicted molar refractivity (Wildman–Crippen MR) is 72.2 cm³/mol. The van der Waals surface area contributed by atoms with Crippen LogP contribution in [0.5, 0.6) is 0 Å². The second-order valence-electron chi connectivity index (χ2n) is 4.42. The number of methoxy groups -OCH3 is 1. The highest BCUT2D eigenvalue weighted by atomic mass is 16.5. The van der Waals surface area contributed by atoms with Crippen LogP contribution >= 0.6 is 0 Å². The smallest absolute Gasteiger partial charge is 0.237 e. The molecule has 0 spiro atoms. The van der Waals surface area contributed by atoms with Gasteiger partial charge in [0.15, 0.2) is 0 Å². The molecule has 0 aromatic heterocycles. The van der Waals surface area contributed by atoms with Crippen LogP contribution in [0.1, 0.15) is 18.9 Å². The molecule has 1 rings (SSSR count). The number of hydrogen-bond acceptors (Lipinski definition) is 3. The van der Waals surface area contributed by atoms with E-state index in [9.17, 15) is 4.79 Å². The average molecular weight is 250 g/mol. The first kappa shape index (κ1) is 14.7. The number of carbonyl (C=O) groups is 1. The van der Waals surface area contributed by atoms with Crippen LogP contribution in [0.4, 0.5) is 0 Å². The highest BCUT2D eigenvalue weighted by molar-refractivity contribution is 5.81. The maximum absolute atomic E-state index is 11.7. The van der Waals surface area contributed by atoms with Crippen molar-refractivity contribution in [2.75, 3.05) is 13.7 Å². The van der Waals surface area contributed by atoms with E-state index in [1.807, 2.05) is 37.3 Å². The summed E-state index contributed by atoms with van der Waals surface area (Å²) in [5.74, 6) is -0.116. The molecule has 2 atom stereocenters. The third-order valence-electron chi connectivity index (χ3n) is 2.89. The fourth-order valence-corrected chi connectivity index (χ4v) is 1.56. The Morgan fingerprint density at radius 3 is 2.67 bits per heavy atom. The minimum absolute atomic E-state index is 0.00951. The van der Waals surface area contributed by atoms with E-state index in [4.69, 9.17) is 10.5 Å². The lowest BCUT2D eigenvalue weighted by molar-refractivity contribution is -0.123. The van der Waals surface area contributed by atoms with Crippen LogP contribution in [0.15, 0.2) is 30.3 Å². The molecule has 0 aliphatic heterocycles. The number of hydrogen-bond donors (Lipinski definition) is 2. The molecule has 4 nitrogen and oxygen atoms in total. The summed E-state index contributed by atoms with van der Waals surface area (Å²) in [6, 6.07) is 9.56. The lowest BCUT2D eigenvalue weighted by atomic mass is 10.1. The van der Waals surface area contributed by atoms with Gasteiger partial charge in [-0.05, 0) is 25.3 Å². The van der Waals surface area contributed by atoms with Crippen molar-refractivity contribution in [1.82, 2.24) is 5.32 Å². The maximum Gasteiger partial charge on any atom is 0.237 e. The molecule has 1 aromatic rings. The Morgan fingerprint density at radius 2 is 2.06 bits per heavy atom. The molecular weight excluding hydrogens is 228 g/mol. The Hall–Kier alpha value is -1.39. The minimum Gasteiger partial charge on any atom is -0.380 e. The minimum atomic E-state index is -0.464. The molecular formula is C14H22N2O2. The van der Waals surface area contributed by atoms with Crippen LogP contribution in [-0.2, 0) is 16.0 Å². The predicted octanol–water partition coefficient (Wildman–Crippen LogP) is 1.10. The van der Waals surface area contributed by atoms with E-state index in [0.717, 1.165) is 6.42 Å². The van der Waals surface area contributed by atoms with Gasteiger partial charge in [-0.15, -0.1) is 0 Å². The molecule has 4 heteroatoms. The van der Waals surface area contributed by atoms with Crippen molar-refractivity contribution < 1.29 is 9.53 Å². The molecule has 0 bridgehead atoms. The molecule has 0 saturated carbocycles. The molecule has 100 valence electrons. The molecule has 1 aromatic carbocycles. The molecule has 0 aliphatic carbocycles. The summed E-state index contributed by atoms with van der Waals surface area (Å²) in [5, 5.41) is 2.78. The van der Waals surface area contributed by atoms with Crippen molar-refractivity contribution in [1.29, 1.82) is 0 Å². The molecule has 2 unspecified atom stereocenters. The van der Waals surface area contributed by atoms with Gasteiger partial charge >= 0.3 is 0 Å². The van der Waals surface area contributed by atoms with Gasteiger partial charge in [-0.2, -0.15) is 0 Å². The van der Waals surface area contributed by atoms with Gasteiger partial charge in [0.25, 0.3) is 0 Å². The molecule has 0 saturated heterocycles. The van der Waals surface area contributed by atoms with Gasteiger partial charge in [0.05, 0.1) is 12.1 Å². The summed E-state index contributed by atoms with van der Waals surface area (Å²) in [6.45, 7) is 2.39. The van der Waals surface area contributed by atoms with Gasteiger partial charge in [-0.1, -0.05) is 30.3 Å². The highest BCUT2D eigenvalue weighted by Crippen LogP contribution is 2.04.